The van der Waals surface area contributed by atoms with Crippen molar-refractivity contribution in [2.45, 2.75) is 37.9 Å². The highest BCUT2D eigenvalue weighted by Gasteiger charge is 2.44. The number of aliphatic imine (C=N–C) groups is 1. The Labute approximate surface area is 154 Å². The van der Waals surface area contributed by atoms with Crippen LogP contribution in [0.2, 0.25) is 0 Å². The van der Waals surface area contributed by atoms with Crippen LogP contribution in [-0.2, 0) is 18.1 Å². The molecule has 0 unspecified atom stereocenters. The van der Waals surface area contributed by atoms with Gasteiger partial charge in [0.1, 0.15) is 5.01 Å². The maximum atomic E-state index is 12.6. The number of rotatable bonds is 6. The molecule has 1 fully saturated rings. The van der Waals surface area contributed by atoms with Crippen molar-refractivity contribution >= 4 is 17.3 Å². The van der Waals surface area contributed by atoms with Gasteiger partial charge in [-0.05, 0) is 25.3 Å². The van der Waals surface area contributed by atoms with Crippen LogP contribution in [0.5, 0.6) is 0 Å². The molecule has 4 nitrogen and oxygen atoms in total. The van der Waals surface area contributed by atoms with Crippen LogP contribution in [0.4, 0.5) is 13.2 Å². The van der Waals surface area contributed by atoms with Crippen LogP contribution in [0.1, 0.15) is 36.0 Å². The van der Waals surface area contributed by atoms with Gasteiger partial charge in [0, 0.05) is 23.9 Å². The fourth-order valence-electron chi connectivity index (χ4n) is 2.77. The lowest BCUT2D eigenvalue weighted by Gasteiger charge is -2.19. The minimum absolute atomic E-state index is 0.119. The molecule has 2 N–H and O–H groups in total. The largest absolute Gasteiger partial charge is 0.434 e. The molecule has 0 aliphatic heterocycles. The smallest absolute Gasteiger partial charge is 0.357 e. The topological polar surface area (TPSA) is 49.3 Å². The molecule has 0 atom stereocenters. The van der Waals surface area contributed by atoms with Crippen molar-refractivity contribution in [3.8, 4) is 0 Å². The predicted molar refractivity (Wildman–Crippen MR) is 97.3 cm³/mol. The maximum Gasteiger partial charge on any atom is 0.434 e. The van der Waals surface area contributed by atoms with Gasteiger partial charge in [0.25, 0.3) is 0 Å². The van der Waals surface area contributed by atoms with E-state index in [0.29, 0.717) is 17.5 Å². The molecule has 8 heteroatoms. The third-order valence-electron chi connectivity index (χ3n) is 4.39. The van der Waals surface area contributed by atoms with Crippen molar-refractivity contribution in [2.24, 2.45) is 4.99 Å². The van der Waals surface area contributed by atoms with Gasteiger partial charge in [0.2, 0.25) is 0 Å². The highest BCUT2D eigenvalue weighted by molar-refractivity contribution is 7.09. The SMILES string of the molecule is CCNC(=NCc1nc(C(F)(F)F)cs1)NCC1(c2ccccc2)CC1. The average molecular weight is 382 g/mol. The summed E-state index contributed by atoms with van der Waals surface area (Å²) < 4.78 is 37.9. The summed E-state index contributed by atoms with van der Waals surface area (Å²) >= 11 is 0.976. The maximum absolute atomic E-state index is 12.6. The average Bonchev–Trinajstić information content (AvgIpc) is 3.25. The molecule has 1 aliphatic rings. The minimum atomic E-state index is -4.41. The molecule has 140 valence electrons. The molecular weight excluding hydrogens is 361 g/mol. The van der Waals surface area contributed by atoms with E-state index in [1.807, 2.05) is 25.1 Å². The van der Waals surface area contributed by atoms with Gasteiger partial charge in [-0.15, -0.1) is 11.3 Å². The molecule has 0 radical (unpaired) electrons. The molecule has 26 heavy (non-hydrogen) atoms. The standard InChI is InChI=1S/C18H21F3N4S/c1-2-22-16(23-10-15-25-14(11-26-15)18(19,20)21)24-12-17(8-9-17)13-6-4-3-5-7-13/h3-7,11H,2,8-10,12H2,1H3,(H2,22,23,24). The zero-order valence-electron chi connectivity index (χ0n) is 14.4. The second-order valence-corrected chi connectivity index (χ2v) is 7.26. The molecule has 3 rings (SSSR count). The first-order valence-electron chi connectivity index (χ1n) is 8.52. The summed E-state index contributed by atoms with van der Waals surface area (Å²) in [4.78, 5) is 7.99. The molecule has 1 heterocycles. The third-order valence-corrected chi connectivity index (χ3v) is 5.23. The van der Waals surface area contributed by atoms with Crippen molar-refractivity contribution < 1.29 is 13.2 Å². The first-order chi connectivity index (χ1) is 12.4. The van der Waals surface area contributed by atoms with E-state index >= 15 is 0 Å². The van der Waals surface area contributed by atoms with Crippen molar-refractivity contribution in [1.29, 1.82) is 0 Å². The fourth-order valence-corrected chi connectivity index (χ4v) is 3.49. The first-order valence-corrected chi connectivity index (χ1v) is 9.40. The summed E-state index contributed by atoms with van der Waals surface area (Å²) in [5.41, 5.74) is 0.576. The Morgan fingerprint density at radius 3 is 2.54 bits per heavy atom. The predicted octanol–water partition coefficient (Wildman–Crippen LogP) is 3.95. The Bertz CT molecular complexity index is 751. The second-order valence-electron chi connectivity index (χ2n) is 6.32. The number of guanidine groups is 1. The van der Waals surface area contributed by atoms with Crippen LogP contribution in [0.3, 0.4) is 0 Å². The summed E-state index contributed by atoms with van der Waals surface area (Å²) in [5, 5.41) is 7.83. The number of alkyl halides is 3. The second kappa shape index (κ2) is 7.65. The quantitative estimate of drug-likeness (QED) is 0.588. The van der Waals surface area contributed by atoms with E-state index in [-0.39, 0.29) is 12.0 Å². The zero-order chi connectivity index (χ0) is 18.6. The van der Waals surface area contributed by atoms with Crippen molar-refractivity contribution in [3.63, 3.8) is 0 Å². The number of thiazole rings is 1. The van der Waals surface area contributed by atoms with Crippen molar-refractivity contribution in [1.82, 2.24) is 15.6 Å². The van der Waals surface area contributed by atoms with Gasteiger partial charge in [0.05, 0.1) is 6.54 Å². The molecule has 1 aromatic carbocycles. The highest BCUT2D eigenvalue weighted by atomic mass is 32.1. The van der Waals surface area contributed by atoms with Gasteiger partial charge < -0.3 is 10.6 Å². The number of benzene rings is 1. The Morgan fingerprint density at radius 1 is 1.23 bits per heavy atom. The van der Waals surface area contributed by atoms with Crippen LogP contribution in [0.15, 0.2) is 40.7 Å². The van der Waals surface area contributed by atoms with E-state index in [1.54, 1.807) is 0 Å². The molecule has 0 saturated heterocycles. The van der Waals surface area contributed by atoms with E-state index in [0.717, 1.165) is 36.1 Å². The molecule has 1 aliphatic carbocycles. The monoisotopic (exact) mass is 382 g/mol. The van der Waals surface area contributed by atoms with Gasteiger partial charge in [-0.1, -0.05) is 30.3 Å². The van der Waals surface area contributed by atoms with E-state index in [2.05, 4.69) is 32.7 Å². The van der Waals surface area contributed by atoms with Crippen LogP contribution in [0.25, 0.3) is 0 Å². The van der Waals surface area contributed by atoms with Crippen molar-refractivity contribution in [2.75, 3.05) is 13.1 Å². The Hall–Kier alpha value is -2.09. The number of hydrogen-bond donors (Lipinski definition) is 2. The number of halogens is 3. The number of hydrogen-bond acceptors (Lipinski definition) is 3. The third kappa shape index (κ3) is 4.55. The molecule has 1 aromatic heterocycles. The van der Waals surface area contributed by atoms with E-state index in [9.17, 15) is 13.2 Å². The lowest BCUT2D eigenvalue weighted by atomic mass is 9.96. The van der Waals surface area contributed by atoms with Gasteiger partial charge in [-0.3, -0.25) is 0 Å². The number of nitrogens with zero attached hydrogens (tertiary/aromatic N) is 2. The van der Waals surface area contributed by atoms with Gasteiger partial charge >= 0.3 is 6.18 Å². The summed E-state index contributed by atoms with van der Waals surface area (Å²) in [7, 11) is 0. The summed E-state index contributed by atoms with van der Waals surface area (Å²) in [6.07, 6.45) is -2.18. The number of aromatic nitrogens is 1. The minimum Gasteiger partial charge on any atom is -0.357 e. The molecule has 1 saturated carbocycles. The molecule has 0 spiro atoms. The first kappa shape index (κ1) is 18.7. The van der Waals surface area contributed by atoms with E-state index < -0.39 is 11.9 Å². The zero-order valence-corrected chi connectivity index (χ0v) is 15.3. The Morgan fingerprint density at radius 2 is 1.96 bits per heavy atom. The normalized spacial score (nSPS) is 16.4. The Kier molecular flexibility index (Phi) is 5.50. The lowest BCUT2D eigenvalue weighted by Crippen LogP contribution is -2.41. The van der Waals surface area contributed by atoms with Gasteiger partial charge in [-0.25, -0.2) is 9.98 Å². The highest BCUT2D eigenvalue weighted by Crippen LogP contribution is 2.47. The Balaban J connectivity index is 1.62. The van der Waals surface area contributed by atoms with Crippen LogP contribution in [-0.4, -0.2) is 24.0 Å². The molecule has 0 bridgehead atoms. The van der Waals surface area contributed by atoms with Gasteiger partial charge in [-0.2, -0.15) is 13.2 Å². The van der Waals surface area contributed by atoms with Crippen molar-refractivity contribution in [3.05, 3.63) is 52.0 Å². The molecule has 0 amide bonds. The summed E-state index contributed by atoms with van der Waals surface area (Å²) in [5.74, 6) is 0.596. The van der Waals surface area contributed by atoms with Crippen LogP contribution < -0.4 is 10.6 Å². The summed E-state index contributed by atoms with van der Waals surface area (Å²) in [6, 6.07) is 10.3. The lowest BCUT2D eigenvalue weighted by molar-refractivity contribution is -0.140. The van der Waals surface area contributed by atoms with E-state index in [4.69, 9.17) is 0 Å². The van der Waals surface area contributed by atoms with Gasteiger partial charge in [0.15, 0.2) is 11.7 Å². The van der Waals surface area contributed by atoms with E-state index in [1.165, 1.54) is 5.56 Å². The molecule has 2 aromatic rings. The molecular formula is C18H21F3N4S. The summed E-state index contributed by atoms with van der Waals surface area (Å²) in [6.45, 7) is 3.49. The fraction of sp³-hybridized carbons (Fsp3) is 0.444. The van der Waals surface area contributed by atoms with Crippen LogP contribution in [0, 0.1) is 0 Å². The van der Waals surface area contributed by atoms with Crippen LogP contribution >= 0.6 is 11.3 Å². The number of nitrogens with one attached hydrogen (secondary N) is 2.